The van der Waals surface area contributed by atoms with E-state index in [4.69, 9.17) is 23.9 Å². The standard InChI is InChI=1S/C25H27N3O3.C19H16N2O4/c1-30-20-12-8-17(9-13-20)23-24(18-10-14-21(31-2)15-11-18)28-22(16-26-23)25(29)27-19-6-4-3-5-7-19;1-24-14-7-3-12(4-8-14)17-18(21-16(11-20-17)19(22)23)13-5-9-15(25-2)10-6-13/h8-16,19H,3-7H2,1-2H3,(H,27,29);3-11H,1-2H3,(H,22,23). The van der Waals surface area contributed by atoms with E-state index in [-0.39, 0.29) is 17.6 Å². The van der Waals surface area contributed by atoms with Crippen molar-refractivity contribution in [1.82, 2.24) is 25.3 Å². The minimum absolute atomic E-state index is 0.108. The van der Waals surface area contributed by atoms with Crippen LogP contribution >= 0.6 is 0 Å². The highest BCUT2D eigenvalue weighted by Gasteiger charge is 2.21. The van der Waals surface area contributed by atoms with Crippen molar-refractivity contribution >= 4 is 11.9 Å². The first-order chi connectivity index (χ1) is 27.3. The average Bonchev–Trinajstić information content (AvgIpc) is 3.26. The number of aromatic carboxylic acids is 1. The number of carbonyl (C=O) groups is 2. The van der Waals surface area contributed by atoms with Gasteiger partial charge in [0.05, 0.1) is 63.6 Å². The number of methoxy groups -OCH3 is 4. The Morgan fingerprint density at radius 3 is 1.21 bits per heavy atom. The van der Waals surface area contributed by atoms with Crippen molar-refractivity contribution < 1.29 is 33.6 Å². The molecule has 0 atom stereocenters. The summed E-state index contributed by atoms with van der Waals surface area (Å²) in [6.45, 7) is 0. The van der Waals surface area contributed by atoms with E-state index in [1.54, 1.807) is 46.8 Å². The zero-order chi connectivity index (χ0) is 39.4. The highest BCUT2D eigenvalue weighted by Crippen LogP contribution is 2.33. The van der Waals surface area contributed by atoms with Crippen LogP contribution in [0.3, 0.4) is 0 Å². The maximum atomic E-state index is 12.9. The molecule has 7 rings (SSSR count). The van der Waals surface area contributed by atoms with Crippen molar-refractivity contribution in [2.24, 2.45) is 0 Å². The second kappa shape index (κ2) is 18.5. The van der Waals surface area contributed by atoms with Crippen molar-refractivity contribution in [1.29, 1.82) is 0 Å². The fraction of sp³-hybridized carbons (Fsp3) is 0.227. The molecule has 0 aliphatic heterocycles. The molecule has 1 saturated carbocycles. The molecule has 2 heterocycles. The zero-order valence-electron chi connectivity index (χ0n) is 31.7. The predicted molar refractivity (Wildman–Crippen MR) is 213 cm³/mol. The molecule has 2 aromatic heterocycles. The third kappa shape index (κ3) is 9.45. The number of benzene rings is 4. The van der Waals surface area contributed by atoms with Crippen LogP contribution in [0, 0.1) is 0 Å². The lowest BCUT2D eigenvalue weighted by Crippen LogP contribution is -2.36. The molecule has 1 fully saturated rings. The van der Waals surface area contributed by atoms with Crippen LogP contribution in [-0.2, 0) is 0 Å². The topological polar surface area (TPSA) is 155 Å². The highest BCUT2D eigenvalue weighted by molar-refractivity contribution is 5.94. The van der Waals surface area contributed by atoms with Crippen LogP contribution in [0.5, 0.6) is 23.0 Å². The summed E-state index contributed by atoms with van der Waals surface area (Å²) in [5.41, 5.74) is 6.01. The van der Waals surface area contributed by atoms with E-state index >= 15 is 0 Å². The van der Waals surface area contributed by atoms with E-state index in [9.17, 15) is 14.7 Å². The Labute approximate surface area is 325 Å². The molecule has 0 saturated heterocycles. The molecule has 4 aromatic carbocycles. The molecule has 1 aliphatic rings. The first-order valence-electron chi connectivity index (χ1n) is 18.2. The van der Waals surface area contributed by atoms with Crippen LogP contribution in [0.25, 0.3) is 45.0 Å². The third-order valence-electron chi connectivity index (χ3n) is 9.39. The van der Waals surface area contributed by atoms with Crippen LogP contribution in [-0.4, -0.2) is 71.4 Å². The lowest BCUT2D eigenvalue weighted by Gasteiger charge is -2.22. The van der Waals surface area contributed by atoms with Crippen LogP contribution < -0.4 is 24.3 Å². The molecule has 1 amide bonds. The highest BCUT2D eigenvalue weighted by atomic mass is 16.5. The van der Waals surface area contributed by atoms with E-state index in [2.05, 4.69) is 20.3 Å². The van der Waals surface area contributed by atoms with E-state index in [1.165, 1.54) is 12.6 Å². The average molecular weight is 754 g/mol. The number of hydrogen-bond acceptors (Lipinski definition) is 10. The first kappa shape index (κ1) is 38.9. The number of rotatable bonds is 11. The minimum atomic E-state index is -1.12. The maximum absolute atomic E-state index is 12.9. The summed E-state index contributed by atoms with van der Waals surface area (Å²) < 4.78 is 20.9. The van der Waals surface area contributed by atoms with Gasteiger partial charge in [0.2, 0.25) is 0 Å². The van der Waals surface area contributed by atoms with Crippen molar-refractivity contribution in [2.75, 3.05) is 28.4 Å². The van der Waals surface area contributed by atoms with Crippen LogP contribution in [0.15, 0.2) is 109 Å². The number of hydrogen-bond donors (Lipinski definition) is 2. The van der Waals surface area contributed by atoms with Gasteiger partial charge in [-0.15, -0.1) is 0 Å². The van der Waals surface area contributed by atoms with Crippen LogP contribution in [0.2, 0.25) is 0 Å². The fourth-order valence-corrected chi connectivity index (χ4v) is 6.32. The molecule has 0 bridgehead atoms. The molecule has 0 radical (unpaired) electrons. The number of carboxylic acids is 1. The maximum Gasteiger partial charge on any atom is 0.356 e. The molecule has 1 aliphatic carbocycles. The van der Waals surface area contributed by atoms with Gasteiger partial charge in [0.1, 0.15) is 28.7 Å². The van der Waals surface area contributed by atoms with Gasteiger partial charge >= 0.3 is 5.97 Å². The Balaban J connectivity index is 0.000000194. The molecule has 6 aromatic rings. The normalized spacial score (nSPS) is 12.4. The summed E-state index contributed by atoms with van der Waals surface area (Å²) in [5.74, 6) is 1.67. The van der Waals surface area contributed by atoms with Gasteiger partial charge in [0, 0.05) is 28.3 Å². The number of carboxylic acid groups (broad SMARTS) is 1. The fourth-order valence-electron chi connectivity index (χ4n) is 6.32. The summed E-state index contributed by atoms with van der Waals surface area (Å²) >= 11 is 0. The van der Waals surface area contributed by atoms with Gasteiger partial charge in [-0.05, 0) is 110 Å². The summed E-state index contributed by atoms with van der Waals surface area (Å²) in [5, 5.41) is 12.4. The summed E-state index contributed by atoms with van der Waals surface area (Å²) in [4.78, 5) is 42.1. The Hall–Kier alpha value is -6.82. The monoisotopic (exact) mass is 753 g/mol. The van der Waals surface area contributed by atoms with Crippen LogP contribution in [0.4, 0.5) is 0 Å². The number of nitrogens with one attached hydrogen (secondary N) is 1. The molecule has 286 valence electrons. The quantitative estimate of drug-likeness (QED) is 0.131. The lowest BCUT2D eigenvalue weighted by atomic mass is 9.95. The van der Waals surface area contributed by atoms with Crippen molar-refractivity contribution in [2.45, 2.75) is 38.1 Å². The second-order valence-electron chi connectivity index (χ2n) is 12.9. The predicted octanol–water partition coefficient (Wildman–Crippen LogP) is 8.42. The number of nitrogens with zero attached hydrogens (tertiary/aromatic N) is 4. The van der Waals surface area contributed by atoms with E-state index in [1.807, 2.05) is 84.9 Å². The van der Waals surface area contributed by atoms with E-state index in [0.717, 1.165) is 65.2 Å². The van der Waals surface area contributed by atoms with E-state index < -0.39 is 5.97 Å². The molecule has 0 unspecified atom stereocenters. The Morgan fingerprint density at radius 2 is 0.857 bits per heavy atom. The molecule has 56 heavy (non-hydrogen) atoms. The summed E-state index contributed by atoms with van der Waals surface area (Å²) in [6.07, 6.45) is 8.42. The van der Waals surface area contributed by atoms with Gasteiger partial charge in [0.15, 0.2) is 5.69 Å². The first-order valence-corrected chi connectivity index (χ1v) is 18.2. The number of aromatic nitrogens is 4. The summed E-state index contributed by atoms with van der Waals surface area (Å²) in [6, 6.07) is 30.1. The van der Waals surface area contributed by atoms with Gasteiger partial charge in [-0.1, -0.05) is 19.3 Å². The smallest absolute Gasteiger partial charge is 0.356 e. The Bertz CT molecular complexity index is 2240. The Morgan fingerprint density at radius 1 is 0.518 bits per heavy atom. The zero-order valence-corrected chi connectivity index (χ0v) is 31.7. The molecule has 2 N–H and O–H groups in total. The minimum Gasteiger partial charge on any atom is -0.497 e. The molecule has 12 nitrogen and oxygen atoms in total. The van der Waals surface area contributed by atoms with Gasteiger partial charge in [-0.3, -0.25) is 14.8 Å². The van der Waals surface area contributed by atoms with E-state index in [0.29, 0.717) is 34.2 Å². The van der Waals surface area contributed by atoms with Crippen molar-refractivity contribution in [3.05, 3.63) is 121 Å². The Kier molecular flexibility index (Phi) is 12.8. The summed E-state index contributed by atoms with van der Waals surface area (Å²) in [7, 11) is 6.45. The van der Waals surface area contributed by atoms with Gasteiger partial charge < -0.3 is 29.4 Å². The molecular weight excluding hydrogens is 711 g/mol. The van der Waals surface area contributed by atoms with Crippen molar-refractivity contribution in [3.8, 4) is 68.0 Å². The van der Waals surface area contributed by atoms with Gasteiger partial charge in [-0.2, -0.15) is 0 Å². The number of ether oxygens (including phenoxy) is 4. The van der Waals surface area contributed by atoms with Crippen molar-refractivity contribution in [3.63, 3.8) is 0 Å². The molecule has 12 heteroatoms. The largest absolute Gasteiger partial charge is 0.497 e. The molecular formula is C44H43N5O7. The number of carbonyl (C=O) groups excluding carboxylic acids is 1. The lowest BCUT2D eigenvalue weighted by molar-refractivity contribution is 0.0689. The number of amides is 1. The van der Waals surface area contributed by atoms with Gasteiger partial charge in [-0.25, -0.2) is 14.8 Å². The van der Waals surface area contributed by atoms with Gasteiger partial charge in [0.25, 0.3) is 5.91 Å². The molecule has 0 spiro atoms. The van der Waals surface area contributed by atoms with Crippen LogP contribution in [0.1, 0.15) is 53.1 Å². The second-order valence-corrected chi connectivity index (χ2v) is 12.9. The third-order valence-corrected chi connectivity index (χ3v) is 9.39. The SMILES string of the molecule is COc1ccc(-c2ncc(C(=O)NC3CCCCC3)nc2-c2ccc(OC)cc2)cc1.COc1ccc(-c2ncc(C(=O)O)nc2-c2ccc(OC)cc2)cc1.